The highest BCUT2D eigenvalue weighted by atomic mass is 19.3. The Labute approximate surface area is 121 Å². The highest BCUT2D eigenvalue weighted by Gasteiger charge is 2.48. The number of hydrogen-bond acceptors (Lipinski definition) is 2. The van der Waals surface area contributed by atoms with Crippen LogP contribution in [0.4, 0.5) is 8.78 Å². The van der Waals surface area contributed by atoms with E-state index >= 15 is 0 Å². The first-order valence-corrected chi connectivity index (χ1v) is 8.25. The van der Waals surface area contributed by atoms with E-state index in [1.807, 2.05) is 4.90 Å². The SMILES string of the molecule is CC(C)N1CCC2(CCC(N3CC(F)(F)C3)CC2)CC1. The van der Waals surface area contributed by atoms with Gasteiger partial charge in [-0.05, 0) is 70.9 Å². The molecule has 0 bridgehead atoms. The van der Waals surface area contributed by atoms with Crippen LogP contribution in [-0.2, 0) is 0 Å². The zero-order chi connectivity index (χ0) is 14.4. The number of rotatable bonds is 2. The predicted octanol–water partition coefficient (Wildman–Crippen LogP) is 3.37. The minimum Gasteiger partial charge on any atom is -0.301 e. The van der Waals surface area contributed by atoms with Crippen molar-refractivity contribution in [3.63, 3.8) is 0 Å². The first-order valence-electron chi connectivity index (χ1n) is 8.25. The molecule has 0 aromatic heterocycles. The molecule has 0 atom stereocenters. The van der Waals surface area contributed by atoms with Crippen LogP contribution in [0.5, 0.6) is 0 Å². The summed E-state index contributed by atoms with van der Waals surface area (Å²) in [4.78, 5) is 4.59. The fraction of sp³-hybridized carbons (Fsp3) is 1.00. The van der Waals surface area contributed by atoms with Crippen LogP contribution in [0.1, 0.15) is 52.4 Å². The van der Waals surface area contributed by atoms with E-state index in [9.17, 15) is 8.78 Å². The fourth-order valence-corrected chi connectivity index (χ4v) is 4.40. The van der Waals surface area contributed by atoms with E-state index in [4.69, 9.17) is 0 Å². The molecule has 2 saturated heterocycles. The first-order chi connectivity index (χ1) is 9.39. The van der Waals surface area contributed by atoms with Gasteiger partial charge in [0.2, 0.25) is 0 Å². The van der Waals surface area contributed by atoms with Gasteiger partial charge in [0.05, 0.1) is 13.1 Å². The smallest absolute Gasteiger partial charge is 0.272 e. The summed E-state index contributed by atoms with van der Waals surface area (Å²) in [5.41, 5.74) is 0.537. The molecular formula is C16H28F2N2. The normalized spacial score (nSPS) is 31.6. The number of nitrogens with zero attached hydrogens (tertiary/aromatic N) is 2. The van der Waals surface area contributed by atoms with Gasteiger partial charge < -0.3 is 4.90 Å². The van der Waals surface area contributed by atoms with Gasteiger partial charge in [-0.1, -0.05) is 0 Å². The van der Waals surface area contributed by atoms with E-state index in [0.717, 1.165) is 12.8 Å². The summed E-state index contributed by atoms with van der Waals surface area (Å²) in [5, 5.41) is 0. The Hall–Kier alpha value is -0.220. The van der Waals surface area contributed by atoms with Crippen molar-refractivity contribution in [2.45, 2.75) is 70.4 Å². The molecule has 3 fully saturated rings. The molecule has 2 nitrogen and oxygen atoms in total. The summed E-state index contributed by atoms with van der Waals surface area (Å²) >= 11 is 0. The van der Waals surface area contributed by atoms with Crippen LogP contribution in [0, 0.1) is 5.41 Å². The number of likely N-dealkylation sites (tertiary alicyclic amines) is 2. The molecule has 1 aliphatic carbocycles. The molecule has 0 N–H and O–H groups in total. The van der Waals surface area contributed by atoms with Crippen molar-refractivity contribution >= 4 is 0 Å². The molecule has 0 unspecified atom stereocenters. The average molecular weight is 286 g/mol. The Morgan fingerprint density at radius 2 is 1.50 bits per heavy atom. The Morgan fingerprint density at radius 3 is 1.95 bits per heavy atom. The maximum Gasteiger partial charge on any atom is 0.272 e. The topological polar surface area (TPSA) is 6.48 Å². The van der Waals surface area contributed by atoms with Gasteiger partial charge in [0, 0.05) is 12.1 Å². The summed E-state index contributed by atoms with van der Waals surface area (Å²) in [5.74, 6) is -2.41. The lowest BCUT2D eigenvalue weighted by Crippen LogP contribution is -2.61. The molecule has 20 heavy (non-hydrogen) atoms. The van der Waals surface area contributed by atoms with Crippen LogP contribution in [0.25, 0.3) is 0 Å². The summed E-state index contributed by atoms with van der Waals surface area (Å²) in [7, 11) is 0. The Bertz CT molecular complexity index is 330. The second-order valence-electron chi connectivity index (χ2n) is 7.62. The van der Waals surface area contributed by atoms with Crippen molar-refractivity contribution in [3.05, 3.63) is 0 Å². The third-order valence-electron chi connectivity index (χ3n) is 5.99. The van der Waals surface area contributed by atoms with E-state index in [2.05, 4.69) is 18.7 Å². The van der Waals surface area contributed by atoms with Crippen molar-refractivity contribution in [3.8, 4) is 0 Å². The number of piperidine rings is 1. The van der Waals surface area contributed by atoms with Crippen LogP contribution in [0.3, 0.4) is 0 Å². The monoisotopic (exact) mass is 286 g/mol. The molecule has 0 radical (unpaired) electrons. The number of halogens is 2. The lowest BCUT2D eigenvalue weighted by molar-refractivity contribution is -0.154. The minimum absolute atomic E-state index is 0.00575. The van der Waals surface area contributed by atoms with Crippen LogP contribution in [0.2, 0.25) is 0 Å². The second-order valence-corrected chi connectivity index (χ2v) is 7.62. The van der Waals surface area contributed by atoms with E-state index < -0.39 is 5.92 Å². The average Bonchev–Trinajstić information content (AvgIpc) is 2.37. The third kappa shape index (κ3) is 2.87. The van der Waals surface area contributed by atoms with Crippen molar-refractivity contribution < 1.29 is 8.78 Å². The molecule has 4 heteroatoms. The molecule has 3 aliphatic rings. The molecule has 0 aromatic carbocycles. The first kappa shape index (κ1) is 14.7. The Balaban J connectivity index is 1.47. The lowest BCUT2D eigenvalue weighted by atomic mass is 9.66. The third-order valence-corrected chi connectivity index (χ3v) is 5.99. The fourth-order valence-electron chi connectivity index (χ4n) is 4.40. The second kappa shape index (κ2) is 5.20. The van der Waals surface area contributed by atoms with Gasteiger partial charge in [-0.3, -0.25) is 4.90 Å². The molecule has 0 aromatic rings. The van der Waals surface area contributed by atoms with E-state index in [1.165, 1.54) is 38.8 Å². The van der Waals surface area contributed by atoms with Gasteiger partial charge in [-0.25, -0.2) is 8.78 Å². The van der Waals surface area contributed by atoms with Gasteiger partial charge in [-0.2, -0.15) is 0 Å². The quantitative estimate of drug-likeness (QED) is 0.768. The molecule has 0 amide bonds. The predicted molar refractivity (Wildman–Crippen MR) is 77.2 cm³/mol. The van der Waals surface area contributed by atoms with E-state index in [0.29, 0.717) is 17.5 Å². The van der Waals surface area contributed by atoms with Gasteiger partial charge in [0.25, 0.3) is 5.92 Å². The lowest BCUT2D eigenvalue weighted by Gasteiger charge is -2.51. The van der Waals surface area contributed by atoms with Gasteiger partial charge in [0.1, 0.15) is 0 Å². The molecule has 1 spiro atoms. The van der Waals surface area contributed by atoms with Crippen molar-refractivity contribution in [1.82, 2.24) is 9.80 Å². The van der Waals surface area contributed by atoms with Gasteiger partial charge >= 0.3 is 0 Å². The molecule has 2 aliphatic heterocycles. The van der Waals surface area contributed by atoms with Crippen LogP contribution < -0.4 is 0 Å². The summed E-state index contributed by atoms with van der Waals surface area (Å²) in [6.45, 7) is 7.02. The standard InChI is InChI=1S/C16H28F2N2/c1-13(2)19-9-7-15(8-10-19)5-3-14(4-6-15)20-11-16(17,18)12-20/h13-14H,3-12H2,1-2H3. The largest absolute Gasteiger partial charge is 0.301 e. The summed E-state index contributed by atoms with van der Waals surface area (Å²) in [6, 6.07) is 1.09. The van der Waals surface area contributed by atoms with Crippen LogP contribution >= 0.6 is 0 Å². The Kier molecular flexibility index (Phi) is 3.83. The number of alkyl halides is 2. The van der Waals surface area contributed by atoms with Crippen molar-refractivity contribution in [2.75, 3.05) is 26.2 Å². The molecule has 116 valence electrons. The van der Waals surface area contributed by atoms with E-state index in [1.54, 1.807) is 0 Å². The zero-order valence-electron chi connectivity index (χ0n) is 12.9. The van der Waals surface area contributed by atoms with E-state index in [-0.39, 0.29) is 13.1 Å². The van der Waals surface area contributed by atoms with Crippen LogP contribution in [0.15, 0.2) is 0 Å². The summed E-state index contributed by atoms with van der Waals surface area (Å²) in [6.07, 6.45) is 7.41. The zero-order valence-corrected chi connectivity index (χ0v) is 12.9. The van der Waals surface area contributed by atoms with Crippen LogP contribution in [-0.4, -0.2) is 54.0 Å². The van der Waals surface area contributed by atoms with Crippen molar-refractivity contribution in [2.24, 2.45) is 5.41 Å². The van der Waals surface area contributed by atoms with Crippen molar-refractivity contribution in [1.29, 1.82) is 0 Å². The highest BCUT2D eigenvalue weighted by molar-refractivity contribution is 4.97. The maximum atomic E-state index is 13.0. The Morgan fingerprint density at radius 1 is 0.950 bits per heavy atom. The molecule has 1 saturated carbocycles. The van der Waals surface area contributed by atoms with Gasteiger partial charge in [0.15, 0.2) is 0 Å². The highest BCUT2D eigenvalue weighted by Crippen LogP contribution is 2.47. The minimum atomic E-state index is -2.41. The maximum absolute atomic E-state index is 13.0. The van der Waals surface area contributed by atoms with Gasteiger partial charge in [-0.15, -0.1) is 0 Å². The summed E-state index contributed by atoms with van der Waals surface area (Å²) < 4.78 is 25.9. The molecular weight excluding hydrogens is 258 g/mol. The molecule has 3 rings (SSSR count). The molecule has 2 heterocycles. The number of hydrogen-bond donors (Lipinski definition) is 0.